The molecule has 0 unspecified atom stereocenters. The van der Waals surface area contributed by atoms with Crippen molar-refractivity contribution in [3.8, 4) is 0 Å². The number of halogens is 1. The molecule has 0 bridgehead atoms. The summed E-state index contributed by atoms with van der Waals surface area (Å²) in [5, 5.41) is 2.51. The van der Waals surface area contributed by atoms with Gasteiger partial charge in [0.1, 0.15) is 0 Å². The summed E-state index contributed by atoms with van der Waals surface area (Å²) in [6, 6.07) is 13.3. The molecule has 0 saturated carbocycles. The van der Waals surface area contributed by atoms with Crippen molar-refractivity contribution in [2.45, 2.75) is 13.8 Å². The molecule has 3 aromatic rings. The fourth-order valence-electron chi connectivity index (χ4n) is 2.28. The molecule has 3 rings (SSSR count). The van der Waals surface area contributed by atoms with E-state index >= 15 is 0 Å². The van der Waals surface area contributed by atoms with Crippen LogP contribution < -0.4 is 0 Å². The van der Waals surface area contributed by atoms with E-state index in [1.807, 2.05) is 50.2 Å². The summed E-state index contributed by atoms with van der Waals surface area (Å²) < 4.78 is 0. The minimum Gasteiger partial charge on any atom is -0.288 e. The van der Waals surface area contributed by atoms with E-state index in [1.54, 1.807) is 17.4 Å². The molecular weight excluding hydrogens is 288 g/mol. The molecule has 1 nitrogen and oxygen atoms in total. The van der Waals surface area contributed by atoms with Crippen LogP contribution in [0, 0.1) is 13.8 Å². The van der Waals surface area contributed by atoms with E-state index in [-0.39, 0.29) is 5.78 Å². The summed E-state index contributed by atoms with van der Waals surface area (Å²) in [6.45, 7) is 4.07. The molecular formula is C17H13ClOS. The molecule has 3 heteroatoms. The summed E-state index contributed by atoms with van der Waals surface area (Å²) >= 11 is 7.75. The van der Waals surface area contributed by atoms with Crippen LogP contribution in [0.15, 0.2) is 42.5 Å². The average molecular weight is 301 g/mol. The Bertz CT molecular complexity index is 797. The van der Waals surface area contributed by atoms with Gasteiger partial charge in [0.2, 0.25) is 5.78 Å². The zero-order valence-corrected chi connectivity index (χ0v) is 12.8. The van der Waals surface area contributed by atoms with Gasteiger partial charge in [-0.05, 0) is 43.0 Å². The highest BCUT2D eigenvalue weighted by atomic mass is 35.5. The Hall–Kier alpha value is -1.64. The fraction of sp³-hybridized carbons (Fsp3) is 0.118. The lowest BCUT2D eigenvalue weighted by Gasteiger charge is -2.06. The first-order valence-corrected chi connectivity index (χ1v) is 7.56. The Labute approximate surface area is 126 Å². The second-order valence-corrected chi connectivity index (χ2v) is 6.48. The number of carbonyl (C=O) groups excluding carboxylic acids is 1. The quantitative estimate of drug-likeness (QED) is 0.579. The third-order valence-electron chi connectivity index (χ3n) is 3.51. The van der Waals surface area contributed by atoms with Crippen molar-refractivity contribution < 1.29 is 4.79 Å². The van der Waals surface area contributed by atoms with Gasteiger partial charge in [0.25, 0.3) is 0 Å². The highest BCUT2D eigenvalue weighted by molar-refractivity contribution is 7.14. The summed E-state index contributed by atoms with van der Waals surface area (Å²) in [7, 11) is 0. The molecule has 0 fully saturated rings. The number of rotatable bonds is 2. The number of benzene rings is 2. The first-order valence-electron chi connectivity index (χ1n) is 6.37. The summed E-state index contributed by atoms with van der Waals surface area (Å²) in [6.07, 6.45) is 0. The Morgan fingerprint density at radius 2 is 1.75 bits per heavy atom. The predicted octanol–water partition coefficient (Wildman–Crippen LogP) is 5.40. The lowest BCUT2D eigenvalue weighted by Crippen LogP contribution is -1.99. The third-order valence-corrected chi connectivity index (χ3v) is 4.99. The van der Waals surface area contributed by atoms with Gasteiger partial charge in [-0.25, -0.2) is 0 Å². The van der Waals surface area contributed by atoms with Crippen molar-refractivity contribution in [3.63, 3.8) is 0 Å². The minimum absolute atomic E-state index is 0.0686. The van der Waals surface area contributed by atoms with Crippen LogP contribution in [0.5, 0.6) is 0 Å². The largest absolute Gasteiger partial charge is 0.288 e. The monoisotopic (exact) mass is 300 g/mol. The highest BCUT2D eigenvalue weighted by Gasteiger charge is 2.16. The standard InChI is InChI=1S/C17H13ClOS/c1-10-9-16(20-11(10)2)17(19)14-7-8-15(18)13-6-4-3-5-12(13)14/h3-9H,1-2H3. The fourth-order valence-corrected chi connectivity index (χ4v) is 3.49. The second-order valence-electron chi connectivity index (χ2n) is 4.82. The highest BCUT2D eigenvalue weighted by Crippen LogP contribution is 2.30. The Morgan fingerprint density at radius 3 is 2.40 bits per heavy atom. The van der Waals surface area contributed by atoms with Gasteiger partial charge in [-0.2, -0.15) is 0 Å². The van der Waals surface area contributed by atoms with E-state index < -0.39 is 0 Å². The molecule has 0 radical (unpaired) electrons. The van der Waals surface area contributed by atoms with E-state index in [0.29, 0.717) is 10.6 Å². The first kappa shape index (κ1) is 13.3. The molecule has 1 aromatic heterocycles. The van der Waals surface area contributed by atoms with Gasteiger partial charge < -0.3 is 0 Å². The van der Waals surface area contributed by atoms with Crippen LogP contribution in [0.3, 0.4) is 0 Å². The van der Waals surface area contributed by atoms with Gasteiger partial charge in [-0.15, -0.1) is 11.3 Å². The lowest BCUT2D eigenvalue weighted by molar-refractivity contribution is 0.104. The maximum Gasteiger partial charge on any atom is 0.203 e. The molecule has 0 spiro atoms. The zero-order chi connectivity index (χ0) is 14.3. The lowest BCUT2D eigenvalue weighted by atomic mass is 10.0. The first-order chi connectivity index (χ1) is 9.58. The van der Waals surface area contributed by atoms with Crippen molar-refractivity contribution in [3.05, 3.63) is 68.4 Å². The van der Waals surface area contributed by atoms with Crippen LogP contribution in [-0.4, -0.2) is 5.78 Å². The molecule has 100 valence electrons. The van der Waals surface area contributed by atoms with Gasteiger partial charge in [0.15, 0.2) is 0 Å². The Kier molecular flexibility index (Phi) is 3.36. The van der Waals surface area contributed by atoms with Crippen LogP contribution in [-0.2, 0) is 0 Å². The number of ketones is 1. The van der Waals surface area contributed by atoms with Gasteiger partial charge in [0.05, 0.1) is 4.88 Å². The normalized spacial score (nSPS) is 10.9. The molecule has 1 heterocycles. The molecule has 0 amide bonds. The van der Waals surface area contributed by atoms with E-state index in [9.17, 15) is 4.79 Å². The van der Waals surface area contributed by atoms with Crippen molar-refractivity contribution in [1.82, 2.24) is 0 Å². The van der Waals surface area contributed by atoms with E-state index in [2.05, 4.69) is 0 Å². The van der Waals surface area contributed by atoms with Crippen LogP contribution in [0.2, 0.25) is 5.02 Å². The molecule has 0 saturated heterocycles. The second kappa shape index (κ2) is 5.04. The van der Waals surface area contributed by atoms with Crippen LogP contribution in [0.1, 0.15) is 25.7 Å². The molecule has 2 aromatic carbocycles. The van der Waals surface area contributed by atoms with Gasteiger partial charge in [-0.3, -0.25) is 4.79 Å². The number of aryl methyl sites for hydroxylation is 2. The number of thiophene rings is 1. The van der Waals surface area contributed by atoms with E-state index in [0.717, 1.165) is 21.2 Å². The van der Waals surface area contributed by atoms with Gasteiger partial charge in [0, 0.05) is 20.8 Å². The SMILES string of the molecule is Cc1cc(C(=O)c2ccc(Cl)c3ccccc23)sc1C. The Balaban J connectivity index is 2.20. The van der Waals surface area contributed by atoms with Gasteiger partial charge >= 0.3 is 0 Å². The van der Waals surface area contributed by atoms with E-state index in [4.69, 9.17) is 11.6 Å². The summed E-state index contributed by atoms with van der Waals surface area (Å²) in [4.78, 5) is 14.7. The number of hydrogen-bond donors (Lipinski definition) is 0. The number of fused-ring (bicyclic) bond motifs is 1. The zero-order valence-electron chi connectivity index (χ0n) is 11.2. The van der Waals surface area contributed by atoms with Crippen LogP contribution in [0.25, 0.3) is 10.8 Å². The number of carbonyl (C=O) groups is 1. The smallest absolute Gasteiger partial charge is 0.203 e. The molecule has 0 N–H and O–H groups in total. The molecule has 0 atom stereocenters. The van der Waals surface area contributed by atoms with Crippen LogP contribution >= 0.6 is 22.9 Å². The molecule has 0 aliphatic heterocycles. The van der Waals surface area contributed by atoms with Gasteiger partial charge in [-0.1, -0.05) is 35.9 Å². The summed E-state index contributed by atoms with van der Waals surface area (Å²) in [5.74, 6) is 0.0686. The van der Waals surface area contributed by atoms with Crippen molar-refractivity contribution in [2.75, 3.05) is 0 Å². The third kappa shape index (κ3) is 2.15. The van der Waals surface area contributed by atoms with E-state index in [1.165, 1.54) is 4.88 Å². The molecule has 0 aliphatic carbocycles. The summed E-state index contributed by atoms with van der Waals surface area (Å²) in [5.41, 5.74) is 1.88. The Morgan fingerprint density at radius 1 is 1.05 bits per heavy atom. The average Bonchev–Trinajstić information content (AvgIpc) is 2.79. The maximum atomic E-state index is 12.7. The predicted molar refractivity (Wildman–Crippen MR) is 86.2 cm³/mol. The van der Waals surface area contributed by atoms with Crippen molar-refractivity contribution >= 4 is 39.5 Å². The molecule has 0 aliphatic rings. The minimum atomic E-state index is 0.0686. The van der Waals surface area contributed by atoms with Crippen molar-refractivity contribution in [2.24, 2.45) is 0 Å². The molecule has 20 heavy (non-hydrogen) atoms. The number of hydrogen-bond acceptors (Lipinski definition) is 2. The van der Waals surface area contributed by atoms with Crippen LogP contribution in [0.4, 0.5) is 0 Å². The maximum absolute atomic E-state index is 12.7. The van der Waals surface area contributed by atoms with Crippen molar-refractivity contribution in [1.29, 1.82) is 0 Å². The topological polar surface area (TPSA) is 17.1 Å².